The van der Waals surface area contributed by atoms with Gasteiger partial charge in [-0.1, -0.05) is 72.8 Å². The summed E-state index contributed by atoms with van der Waals surface area (Å²) in [5, 5.41) is 17.4. The van der Waals surface area contributed by atoms with Crippen LogP contribution in [0.1, 0.15) is 45.7 Å². The van der Waals surface area contributed by atoms with Gasteiger partial charge in [-0.15, -0.1) is 0 Å². The fraction of sp³-hybridized carbons (Fsp3) is 0.346. The molecule has 0 aliphatic carbocycles. The predicted molar refractivity (Wildman–Crippen MR) is 282 cm³/mol. The van der Waals surface area contributed by atoms with Crippen molar-refractivity contribution in [2.24, 2.45) is 0 Å². The van der Waals surface area contributed by atoms with Gasteiger partial charge in [0.2, 0.25) is 31.9 Å². The SMILES string of the molecule is CC(C)N(C)CCc1cccc(-c2ccc(S(=O)(=O)N3CCN(c4ncc(C(=O)NO)cn4)CC3)cc2)c1.CN(C)CCc1cccc(-c2ccc(S(=O)(=O)N3CCN(c4ncc(C(=O)NO)cn4)CC3)cc2)c1. The number of aromatic nitrogens is 4. The summed E-state index contributed by atoms with van der Waals surface area (Å²) in [4.78, 5) is 48.2. The number of piperazine rings is 2. The molecule has 0 atom stereocenters. The molecule has 2 aromatic heterocycles. The lowest BCUT2D eigenvalue weighted by Crippen LogP contribution is -2.49. The van der Waals surface area contributed by atoms with Crippen molar-refractivity contribution in [1.82, 2.24) is 49.3 Å². The number of hydroxylamine groups is 2. The Kier molecular flexibility index (Phi) is 18.6. The van der Waals surface area contributed by atoms with Gasteiger partial charge in [0.25, 0.3) is 11.8 Å². The summed E-state index contributed by atoms with van der Waals surface area (Å²) in [5.41, 5.74) is 9.90. The summed E-state index contributed by atoms with van der Waals surface area (Å²) in [6.07, 6.45) is 7.17. The van der Waals surface area contributed by atoms with E-state index in [9.17, 15) is 26.4 Å². The molecule has 8 rings (SSSR count). The maximum Gasteiger partial charge on any atom is 0.277 e. The third-order valence-corrected chi connectivity index (χ3v) is 16.9. The van der Waals surface area contributed by atoms with E-state index in [0.29, 0.717) is 70.3 Å². The van der Waals surface area contributed by atoms with E-state index in [-0.39, 0.29) is 20.9 Å². The van der Waals surface area contributed by atoms with Crippen LogP contribution in [0.4, 0.5) is 11.9 Å². The molecule has 392 valence electrons. The number of benzene rings is 4. The Balaban J connectivity index is 0.000000217. The maximum absolute atomic E-state index is 13.3. The Bertz CT molecular complexity index is 3040. The molecule has 22 heteroatoms. The minimum Gasteiger partial charge on any atom is -0.338 e. The first-order valence-corrected chi connectivity index (χ1v) is 27.1. The molecule has 4 aromatic carbocycles. The van der Waals surface area contributed by atoms with Crippen LogP contribution < -0.4 is 20.8 Å². The van der Waals surface area contributed by atoms with Crippen LogP contribution in [0.5, 0.6) is 0 Å². The van der Waals surface area contributed by atoms with Gasteiger partial charge in [-0.2, -0.15) is 8.61 Å². The summed E-state index contributed by atoms with van der Waals surface area (Å²) in [7, 11) is -1.05. The fourth-order valence-corrected chi connectivity index (χ4v) is 11.1. The van der Waals surface area contributed by atoms with Crippen LogP contribution in [-0.2, 0) is 32.9 Å². The van der Waals surface area contributed by atoms with Gasteiger partial charge in [-0.05, 0) is 105 Å². The second-order valence-corrected chi connectivity index (χ2v) is 22.4. The third kappa shape index (κ3) is 13.9. The Morgan fingerprint density at radius 3 is 1.24 bits per heavy atom. The third-order valence-electron chi connectivity index (χ3n) is 13.0. The number of hydrogen-bond donors (Lipinski definition) is 4. The summed E-state index contributed by atoms with van der Waals surface area (Å²) in [5.74, 6) is -0.584. The lowest BCUT2D eigenvalue weighted by molar-refractivity contribution is 0.0701. The summed E-state index contributed by atoms with van der Waals surface area (Å²) in [6, 6.07) is 31.3. The highest BCUT2D eigenvalue weighted by Crippen LogP contribution is 2.27. The number of carbonyl (C=O) groups is 2. The van der Waals surface area contributed by atoms with E-state index in [0.717, 1.165) is 48.2 Å². The zero-order valence-electron chi connectivity index (χ0n) is 42.2. The number of nitrogens with one attached hydrogen (secondary N) is 2. The zero-order valence-corrected chi connectivity index (χ0v) is 43.9. The Hall–Kier alpha value is -6.76. The topological polar surface area (TPSA) is 238 Å². The van der Waals surface area contributed by atoms with Crippen molar-refractivity contribution in [3.8, 4) is 22.3 Å². The molecule has 2 aliphatic rings. The van der Waals surface area contributed by atoms with E-state index >= 15 is 0 Å². The molecule has 0 spiro atoms. The van der Waals surface area contributed by atoms with Crippen molar-refractivity contribution in [3.63, 3.8) is 0 Å². The van der Waals surface area contributed by atoms with Gasteiger partial charge in [0.1, 0.15) is 0 Å². The van der Waals surface area contributed by atoms with Crippen LogP contribution in [0.15, 0.2) is 132 Å². The second-order valence-electron chi connectivity index (χ2n) is 18.5. The highest BCUT2D eigenvalue weighted by molar-refractivity contribution is 7.89. The molecule has 74 heavy (non-hydrogen) atoms. The fourth-order valence-electron chi connectivity index (χ4n) is 8.26. The number of amides is 2. The van der Waals surface area contributed by atoms with Gasteiger partial charge < -0.3 is 19.6 Å². The predicted octanol–water partition coefficient (Wildman–Crippen LogP) is 4.53. The molecule has 0 unspecified atom stereocenters. The number of sulfonamides is 2. The lowest BCUT2D eigenvalue weighted by Gasteiger charge is -2.34. The number of anilines is 2. The van der Waals surface area contributed by atoms with E-state index in [2.05, 4.69) is 89.0 Å². The molecular weight excluding hydrogens is 985 g/mol. The molecule has 6 aromatic rings. The van der Waals surface area contributed by atoms with Gasteiger partial charge in [-0.25, -0.2) is 47.7 Å². The molecule has 2 amide bonds. The van der Waals surface area contributed by atoms with Crippen molar-refractivity contribution in [3.05, 3.63) is 144 Å². The monoisotopic (exact) mass is 1050 g/mol. The van der Waals surface area contributed by atoms with E-state index in [1.54, 1.807) is 24.3 Å². The van der Waals surface area contributed by atoms with Crippen LogP contribution in [0.25, 0.3) is 22.3 Å². The summed E-state index contributed by atoms with van der Waals surface area (Å²) in [6.45, 7) is 9.15. The quantitative estimate of drug-likeness (QED) is 0.0725. The van der Waals surface area contributed by atoms with Crippen molar-refractivity contribution in [1.29, 1.82) is 0 Å². The molecule has 0 radical (unpaired) electrons. The van der Waals surface area contributed by atoms with Crippen molar-refractivity contribution < 1.29 is 36.8 Å². The van der Waals surface area contributed by atoms with E-state index in [4.69, 9.17) is 10.4 Å². The minimum absolute atomic E-state index is 0.131. The largest absolute Gasteiger partial charge is 0.338 e. The Morgan fingerprint density at radius 2 is 0.905 bits per heavy atom. The molecule has 2 fully saturated rings. The van der Waals surface area contributed by atoms with E-state index in [1.807, 2.05) is 58.3 Å². The van der Waals surface area contributed by atoms with Gasteiger partial charge in [0.05, 0.1) is 20.9 Å². The van der Waals surface area contributed by atoms with E-state index < -0.39 is 31.9 Å². The Morgan fingerprint density at radius 1 is 0.541 bits per heavy atom. The van der Waals surface area contributed by atoms with Gasteiger partial charge in [0.15, 0.2) is 0 Å². The molecule has 0 bridgehead atoms. The number of likely N-dealkylation sites (N-methyl/N-ethyl adjacent to an activating group) is 2. The average Bonchev–Trinajstić information content (AvgIpc) is 3.44. The van der Waals surface area contributed by atoms with Crippen molar-refractivity contribution in [2.75, 3.05) is 96.4 Å². The van der Waals surface area contributed by atoms with Gasteiger partial charge in [0, 0.05) is 96.3 Å². The number of rotatable bonds is 17. The normalized spacial score (nSPS) is 14.7. The van der Waals surface area contributed by atoms with Gasteiger partial charge >= 0.3 is 0 Å². The molecule has 4 heterocycles. The Labute approximate surface area is 433 Å². The van der Waals surface area contributed by atoms with Gasteiger partial charge in [-0.3, -0.25) is 20.0 Å². The van der Waals surface area contributed by atoms with E-state index in [1.165, 1.54) is 55.5 Å². The van der Waals surface area contributed by atoms with Crippen molar-refractivity contribution >= 4 is 43.8 Å². The van der Waals surface area contributed by atoms with Crippen LogP contribution >= 0.6 is 0 Å². The maximum atomic E-state index is 13.3. The zero-order chi connectivity index (χ0) is 53.0. The van der Waals surface area contributed by atoms with Crippen molar-refractivity contribution in [2.45, 2.75) is 42.5 Å². The molecule has 2 aliphatic heterocycles. The summed E-state index contributed by atoms with van der Waals surface area (Å²) >= 11 is 0. The molecular formula is C52H64N12O8S2. The van der Waals surface area contributed by atoms with Crippen LogP contribution in [-0.4, -0.2) is 170 Å². The molecule has 2 saturated heterocycles. The van der Waals surface area contributed by atoms with Crippen LogP contribution in [0.3, 0.4) is 0 Å². The molecule has 0 saturated carbocycles. The highest BCUT2D eigenvalue weighted by Gasteiger charge is 2.31. The number of nitrogens with zero attached hydrogens (tertiary/aromatic N) is 10. The smallest absolute Gasteiger partial charge is 0.277 e. The second kappa shape index (κ2) is 25.0. The number of hydrogen-bond acceptors (Lipinski definition) is 16. The minimum atomic E-state index is -3.64. The molecule has 4 N–H and O–H groups in total. The first kappa shape index (κ1) is 55.0. The standard InChI is InChI=1S/C27H34N6O4S.C25H30N6O4S/c1-20(2)31(3)12-11-21-5-4-6-23(17-21)22-7-9-25(10-8-22)38(36,37)33-15-13-32(14-16-33)27-28-18-24(19-29-27)26(34)30-35;1-29(2)11-10-19-4-3-5-21(16-19)20-6-8-23(9-7-20)36(34,35)31-14-12-30(13-15-31)25-26-17-22(18-27-25)24(32)28-33/h4-10,17-20,35H,11-16H2,1-3H3,(H,30,34);3-9,16-18,33H,10-15H2,1-2H3,(H,28,32). The number of carbonyl (C=O) groups excluding carboxylic acids is 2. The lowest BCUT2D eigenvalue weighted by atomic mass is 10.0. The highest BCUT2D eigenvalue weighted by atomic mass is 32.2. The summed E-state index contributed by atoms with van der Waals surface area (Å²) < 4.78 is 56.0. The van der Waals surface area contributed by atoms with Crippen LogP contribution in [0.2, 0.25) is 0 Å². The van der Waals surface area contributed by atoms with Crippen LogP contribution in [0, 0.1) is 0 Å². The first-order chi connectivity index (χ1) is 35.5. The average molecular weight is 1050 g/mol. The first-order valence-electron chi connectivity index (χ1n) is 24.2. The molecule has 20 nitrogen and oxygen atoms in total.